The summed E-state index contributed by atoms with van der Waals surface area (Å²) in [6, 6.07) is 17.8. The fourth-order valence-electron chi connectivity index (χ4n) is 3.22. The summed E-state index contributed by atoms with van der Waals surface area (Å²) in [6.45, 7) is 2.52. The second kappa shape index (κ2) is 10.1. The van der Waals surface area contributed by atoms with Gasteiger partial charge in [-0.25, -0.2) is 9.78 Å². The van der Waals surface area contributed by atoms with Crippen LogP contribution in [0.15, 0.2) is 66.9 Å². The molecule has 0 bridgehead atoms. The van der Waals surface area contributed by atoms with E-state index < -0.39 is 5.97 Å². The number of carboxylic acid groups (broad SMARTS) is 1. The van der Waals surface area contributed by atoms with Gasteiger partial charge < -0.3 is 15.3 Å². The van der Waals surface area contributed by atoms with Crippen LogP contribution < -0.4 is 10.2 Å². The summed E-state index contributed by atoms with van der Waals surface area (Å²) >= 11 is 6.12. The standard InChI is InChI=1S/C24H24ClN3O3/c1-16(18-8-10-19(11-9-18)24(30)31)27-23(29)21-14-20(25)15-26-22(21)28(2)13-12-17-6-4-3-5-7-17/h3-11,14-16H,12-13H2,1-2H3,(H,27,29)(H,30,31). The third-order valence-corrected chi connectivity index (χ3v) is 5.23. The number of amides is 1. The summed E-state index contributed by atoms with van der Waals surface area (Å²) in [7, 11) is 1.89. The summed E-state index contributed by atoms with van der Waals surface area (Å²) in [4.78, 5) is 30.4. The van der Waals surface area contributed by atoms with Gasteiger partial charge in [-0.1, -0.05) is 54.1 Å². The molecule has 0 saturated carbocycles. The highest BCUT2D eigenvalue weighted by Gasteiger charge is 2.19. The average Bonchev–Trinajstić information content (AvgIpc) is 2.78. The van der Waals surface area contributed by atoms with Crippen molar-refractivity contribution in [3.8, 4) is 0 Å². The van der Waals surface area contributed by atoms with E-state index >= 15 is 0 Å². The molecule has 31 heavy (non-hydrogen) atoms. The van der Waals surface area contributed by atoms with E-state index in [0.717, 1.165) is 12.0 Å². The van der Waals surface area contributed by atoms with E-state index in [9.17, 15) is 9.59 Å². The highest BCUT2D eigenvalue weighted by molar-refractivity contribution is 6.31. The van der Waals surface area contributed by atoms with Crippen molar-refractivity contribution >= 4 is 29.3 Å². The van der Waals surface area contributed by atoms with Gasteiger partial charge in [-0.15, -0.1) is 0 Å². The molecule has 6 nitrogen and oxygen atoms in total. The van der Waals surface area contributed by atoms with Crippen molar-refractivity contribution in [1.29, 1.82) is 0 Å². The lowest BCUT2D eigenvalue weighted by molar-refractivity contribution is 0.0696. The van der Waals surface area contributed by atoms with E-state index in [-0.39, 0.29) is 17.5 Å². The first-order chi connectivity index (χ1) is 14.8. The Labute approximate surface area is 186 Å². The Morgan fingerprint density at radius 1 is 1.13 bits per heavy atom. The Morgan fingerprint density at radius 3 is 2.45 bits per heavy atom. The second-order valence-corrected chi connectivity index (χ2v) is 7.74. The summed E-state index contributed by atoms with van der Waals surface area (Å²) in [5, 5.41) is 12.4. The molecule has 1 unspecified atom stereocenters. The molecule has 1 atom stereocenters. The highest BCUT2D eigenvalue weighted by atomic mass is 35.5. The maximum Gasteiger partial charge on any atom is 0.335 e. The van der Waals surface area contributed by atoms with Crippen molar-refractivity contribution in [2.24, 2.45) is 0 Å². The zero-order valence-corrected chi connectivity index (χ0v) is 18.1. The highest BCUT2D eigenvalue weighted by Crippen LogP contribution is 2.22. The lowest BCUT2D eigenvalue weighted by Crippen LogP contribution is -2.30. The van der Waals surface area contributed by atoms with Gasteiger partial charge in [0.05, 0.1) is 22.2 Å². The Hall–Kier alpha value is -3.38. The Bertz CT molecular complexity index is 1060. The number of aromatic nitrogens is 1. The number of pyridine rings is 1. The number of rotatable bonds is 8. The molecule has 3 aromatic rings. The molecule has 0 saturated heterocycles. The molecule has 2 N–H and O–H groups in total. The number of hydrogen-bond donors (Lipinski definition) is 2. The van der Waals surface area contributed by atoms with E-state index in [1.54, 1.807) is 18.2 Å². The van der Waals surface area contributed by atoms with E-state index in [1.807, 2.05) is 37.1 Å². The molecular formula is C24H24ClN3O3. The van der Waals surface area contributed by atoms with Gasteiger partial charge in [0.1, 0.15) is 5.82 Å². The van der Waals surface area contributed by atoms with Gasteiger partial charge in [0.15, 0.2) is 0 Å². The van der Waals surface area contributed by atoms with Gasteiger partial charge >= 0.3 is 5.97 Å². The molecule has 3 rings (SSSR count). The Kier molecular flexibility index (Phi) is 7.26. The summed E-state index contributed by atoms with van der Waals surface area (Å²) in [5.41, 5.74) is 2.58. The zero-order chi connectivity index (χ0) is 22.4. The minimum absolute atomic E-state index is 0.198. The zero-order valence-electron chi connectivity index (χ0n) is 17.4. The van der Waals surface area contributed by atoms with Gasteiger partial charge in [0.25, 0.3) is 5.91 Å². The normalized spacial score (nSPS) is 11.6. The van der Waals surface area contributed by atoms with Crippen molar-refractivity contribution in [2.75, 3.05) is 18.5 Å². The summed E-state index contributed by atoms with van der Waals surface area (Å²) < 4.78 is 0. The number of nitrogens with zero attached hydrogens (tertiary/aromatic N) is 2. The lowest BCUT2D eigenvalue weighted by Gasteiger charge is -2.22. The molecule has 1 amide bonds. The number of carbonyl (C=O) groups is 2. The van der Waals surface area contributed by atoms with E-state index in [0.29, 0.717) is 22.9 Å². The maximum atomic E-state index is 13.0. The first-order valence-electron chi connectivity index (χ1n) is 9.90. The topological polar surface area (TPSA) is 82.5 Å². The van der Waals surface area contributed by atoms with Gasteiger partial charge in [-0.2, -0.15) is 0 Å². The van der Waals surface area contributed by atoms with Crippen LogP contribution in [0.25, 0.3) is 0 Å². The number of halogens is 1. The minimum atomic E-state index is -0.989. The largest absolute Gasteiger partial charge is 0.478 e. The molecule has 0 radical (unpaired) electrons. The monoisotopic (exact) mass is 437 g/mol. The number of hydrogen-bond acceptors (Lipinski definition) is 4. The van der Waals surface area contributed by atoms with Crippen molar-refractivity contribution < 1.29 is 14.7 Å². The molecule has 1 heterocycles. The van der Waals surface area contributed by atoms with Crippen LogP contribution in [0.2, 0.25) is 5.02 Å². The SMILES string of the molecule is CC(NC(=O)c1cc(Cl)cnc1N(C)CCc1ccccc1)c1ccc(C(=O)O)cc1. The number of nitrogens with one attached hydrogen (secondary N) is 1. The first-order valence-corrected chi connectivity index (χ1v) is 10.3. The minimum Gasteiger partial charge on any atom is -0.478 e. The fourth-order valence-corrected chi connectivity index (χ4v) is 3.38. The smallest absolute Gasteiger partial charge is 0.335 e. The van der Waals surface area contributed by atoms with E-state index in [1.165, 1.54) is 23.9 Å². The van der Waals surface area contributed by atoms with Gasteiger partial charge in [-0.3, -0.25) is 4.79 Å². The van der Waals surface area contributed by atoms with Crippen LogP contribution >= 0.6 is 11.6 Å². The number of carboxylic acids is 1. The molecule has 7 heteroatoms. The van der Waals surface area contributed by atoms with Crippen LogP contribution in [-0.4, -0.2) is 35.6 Å². The van der Waals surface area contributed by atoms with Gasteiger partial charge in [0.2, 0.25) is 0 Å². The van der Waals surface area contributed by atoms with Gasteiger partial charge in [0, 0.05) is 19.8 Å². The number of likely N-dealkylation sites (N-methyl/N-ethyl adjacent to an activating group) is 1. The molecule has 0 aliphatic heterocycles. The first kappa shape index (κ1) is 22.3. The third kappa shape index (κ3) is 5.83. The number of anilines is 1. The van der Waals surface area contributed by atoms with Crippen LogP contribution in [0.3, 0.4) is 0 Å². The predicted molar refractivity (Wildman–Crippen MR) is 122 cm³/mol. The quantitative estimate of drug-likeness (QED) is 0.538. The van der Waals surface area contributed by atoms with E-state index in [4.69, 9.17) is 16.7 Å². The fraction of sp³-hybridized carbons (Fsp3) is 0.208. The van der Waals surface area contributed by atoms with Crippen LogP contribution in [0, 0.1) is 0 Å². The van der Waals surface area contributed by atoms with Crippen molar-refractivity contribution in [3.63, 3.8) is 0 Å². The van der Waals surface area contributed by atoms with Crippen molar-refractivity contribution in [1.82, 2.24) is 10.3 Å². The molecule has 0 aliphatic rings. The van der Waals surface area contributed by atoms with Crippen LogP contribution in [0.4, 0.5) is 5.82 Å². The predicted octanol–water partition coefficient (Wildman–Crippen LogP) is 4.60. The lowest BCUT2D eigenvalue weighted by atomic mass is 10.1. The Balaban J connectivity index is 1.74. The number of carbonyl (C=O) groups excluding carboxylic acids is 1. The third-order valence-electron chi connectivity index (χ3n) is 5.02. The summed E-state index contributed by atoms with van der Waals surface area (Å²) in [6.07, 6.45) is 2.34. The molecule has 1 aromatic heterocycles. The maximum absolute atomic E-state index is 13.0. The Morgan fingerprint density at radius 2 is 1.81 bits per heavy atom. The summed E-state index contributed by atoms with van der Waals surface area (Å²) in [5.74, 6) is -0.742. The number of aromatic carboxylic acids is 1. The molecular weight excluding hydrogens is 414 g/mol. The molecule has 160 valence electrons. The van der Waals surface area contributed by atoms with Gasteiger partial charge in [-0.05, 0) is 42.7 Å². The second-order valence-electron chi connectivity index (χ2n) is 7.30. The van der Waals surface area contributed by atoms with Crippen LogP contribution in [0.5, 0.6) is 0 Å². The average molecular weight is 438 g/mol. The van der Waals surface area contributed by atoms with Crippen molar-refractivity contribution in [3.05, 3.63) is 94.1 Å². The van der Waals surface area contributed by atoms with Crippen LogP contribution in [-0.2, 0) is 6.42 Å². The molecule has 0 spiro atoms. The molecule has 0 aliphatic carbocycles. The van der Waals surface area contributed by atoms with Crippen LogP contribution in [0.1, 0.15) is 44.8 Å². The van der Waals surface area contributed by atoms with Crippen molar-refractivity contribution in [2.45, 2.75) is 19.4 Å². The molecule has 2 aromatic carbocycles. The number of benzene rings is 2. The van der Waals surface area contributed by atoms with E-state index in [2.05, 4.69) is 22.4 Å². The molecule has 0 fully saturated rings.